The first-order valence-electron chi connectivity index (χ1n) is 3.27. The molecular weight excluding hydrogens is 207 g/mol. The lowest BCUT2D eigenvalue weighted by molar-refractivity contribution is -0.207. The van der Waals surface area contributed by atoms with Crippen LogP contribution < -0.4 is 0 Å². The van der Waals surface area contributed by atoms with E-state index in [1.54, 1.807) is 0 Å². The van der Waals surface area contributed by atoms with Gasteiger partial charge in [-0.1, -0.05) is 11.6 Å². The molecule has 0 radical (unpaired) electrons. The number of pyridine rings is 1. The first kappa shape index (κ1) is 10.3. The van der Waals surface area contributed by atoms with Crippen molar-refractivity contribution in [1.29, 1.82) is 0 Å². The minimum atomic E-state index is -4.71. The van der Waals surface area contributed by atoms with E-state index >= 15 is 0 Å². The van der Waals surface area contributed by atoms with E-state index in [2.05, 4.69) is 4.98 Å². The second kappa shape index (κ2) is 3.51. The third kappa shape index (κ3) is 2.57. The summed E-state index contributed by atoms with van der Waals surface area (Å²) in [5.41, 5.74) is -0.500. The number of hydrogen-bond donors (Lipinski definition) is 1. The van der Waals surface area contributed by atoms with Gasteiger partial charge in [-0.15, -0.1) is 0 Å². The third-order valence-corrected chi connectivity index (χ3v) is 1.57. The number of hydrogen-bond acceptors (Lipinski definition) is 2. The number of nitrogens with zero attached hydrogens (tertiary/aromatic N) is 1. The van der Waals surface area contributed by atoms with E-state index in [1.165, 1.54) is 6.07 Å². The monoisotopic (exact) mass is 211 g/mol. The summed E-state index contributed by atoms with van der Waals surface area (Å²) in [6.45, 7) is 0. The van der Waals surface area contributed by atoms with E-state index in [4.69, 9.17) is 16.7 Å². The Labute approximate surface area is 77.0 Å². The van der Waals surface area contributed by atoms with Gasteiger partial charge in [-0.3, -0.25) is 4.98 Å². The van der Waals surface area contributed by atoms with E-state index in [-0.39, 0.29) is 5.02 Å². The Balaban J connectivity index is 2.96. The van der Waals surface area contributed by atoms with Crippen LogP contribution in [-0.2, 0) is 0 Å². The molecule has 0 aliphatic carbocycles. The molecule has 2 nitrogen and oxygen atoms in total. The summed E-state index contributed by atoms with van der Waals surface area (Å²) >= 11 is 5.42. The number of halogens is 4. The molecule has 1 heterocycles. The zero-order chi connectivity index (χ0) is 10.1. The van der Waals surface area contributed by atoms with Crippen LogP contribution in [0.15, 0.2) is 18.3 Å². The lowest BCUT2D eigenvalue weighted by atomic mass is 10.2. The number of aromatic nitrogens is 1. The van der Waals surface area contributed by atoms with E-state index in [0.29, 0.717) is 0 Å². The molecule has 0 spiro atoms. The van der Waals surface area contributed by atoms with Crippen LogP contribution in [0.3, 0.4) is 0 Å². The van der Waals surface area contributed by atoms with E-state index in [9.17, 15) is 13.2 Å². The van der Waals surface area contributed by atoms with Crippen LogP contribution in [0.25, 0.3) is 0 Å². The van der Waals surface area contributed by atoms with Gasteiger partial charge in [-0.25, -0.2) is 0 Å². The zero-order valence-electron chi connectivity index (χ0n) is 6.22. The van der Waals surface area contributed by atoms with Crippen molar-refractivity contribution in [2.45, 2.75) is 12.3 Å². The Bertz CT molecular complexity index is 302. The van der Waals surface area contributed by atoms with E-state index in [0.717, 1.165) is 12.3 Å². The molecule has 0 bridgehead atoms. The molecule has 0 aromatic carbocycles. The summed E-state index contributed by atoms with van der Waals surface area (Å²) in [5.74, 6) is 0. The predicted molar refractivity (Wildman–Crippen MR) is 40.3 cm³/mol. The molecule has 72 valence electrons. The fourth-order valence-electron chi connectivity index (χ4n) is 0.738. The molecule has 1 aromatic heterocycles. The standard InChI is InChI=1S/C7H5ClF3NO/c8-4-1-2-12-5(3-4)6(13)7(9,10)11/h1-3,6,13H. The Hall–Kier alpha value is -0.810. The van der Waals surface area contributed by atoms with Crippen LogP contribution in [-0.4, -0.2) is 16.3 Å². The normalized spacial score (nSPS) is 14.2. The molecule has 1 rings (SSSR count). The van der Waals surface area contributed by atoms with Crippen molar-refractivity contribution in [2.24, 2.45) is 0 Å². The highest BCUT2D eigenvalue weighted by Crippen LogP contribution is 2.31. The molecule has 0 saturated carbocycles. The largest absolute Gasteiger partial charge is 0.420 e. The SMILES string of the molecule is OC(c1cc(Cl)ccn1)C(F)(F)F. The average molecular weight is 212 g/mol. The van der Waals surface area contributed by atoms with Gasteiger partial charge in [-0.2, -0.15) is 13.2 Å². The average Bonchev–Trinajstić information content (AvgIpc) is 2.01. The molecule has 0 amide bonds. The number of alkyl halides is 3. The fraction of sp³-hybridized carbons (Fsp3) is 0.286. The summed E-state index contributed by atoms with van der Waals surface area (Å²) in [6, 6.07) is 2.30. The van der Waals surface area contributed by atoms with Gasteiger partial charge in [0.05, 0.1) is 5.69 Å². The van der Waals surface area contributed by atoms with Crippen molar-refractivity contribution in [3.8, 4) is 0 Å². The van der Waals surface area contributed by atoms with Gasteiger partial charge in [-0.05, 0) is 12.1 Å². The second-order valence-electron chi connectivity index (χ2n) is 2.34. The quantitative estimate of drug-likeness (QED) is 0.774. The Morgan fingerprint density at radius 1 is 1.46 bits per heavy atom. The van der Waals surface area contributed by atoms with E-state index < -0.39 is 18.0 Å². The van der Waals surface area contributed by atoms with Gasteiger partial charge in [0.15, 0.2) is 6.10 Å². The van der Waals surface area contributed by atoms with Gasteiger partial charge < -0.3 is 5.11 Å². The van der Waals surface area contributed by atoms with Gasteiger partial charge in [0.1, 0.15) is 0 Å². The summed E-state index contributed by atoms with van der Waals surface area (Å²) in [4.78, 5) is 3.35. The first-order chi connectivity index (χ1) is 5.91. The summed E-state index contributed by atoms with van der Waals surface area (Å²) in [5, 5.41) is 8.84. The molecule has 0 fully saturated rings. The smallest absolute Gasteiger partial charge is 0.378 e. The molecule has 1 N–H and O–H groups in total. The Morgan fingerprint density at radius 2 is 2.08 bits per heavy atom. The number of rotatable bonds is 1. The van der Waals surface area contributed by atoms with Crippen LogP contribution >= 0.6 is 11.6 Å². The van der Waals surface area contributed by atoms with Crippen molar-refractivity contribution in [3.05, 3.63) is 29.0 Å². The van der Waals surface area contributed by atoms with Crippen LogP contribution in [0.1, 0.15) is 11.8 Å². The summed E-state index contributed by atoms with van der Waals surface area (Å²) in [7, 11) is 0. The maximum atomic E-state index is 11.9. The Kier molecular flexibility index (Phi) is 2.77. The first-order valence-corrected chi connectivity index (χ1v) is 3.65. The van der Waals surface area contributed by atoms with Crippen LogP contribution in [0.2, 0.25) is 5.02 Å². The van der Waals surface area contributed by atoms with E-state index in [1.807, 2.05) is 0 Å². The van der Waals surface area contributed by atoms with Crippen molar-refractivity contribution >= 4 is 11.6 Å². The van der Waals surface area contributed by atoms with Crippen LogP contribution in [0, 0.1) is 0 Å². The molecule has 1 atom stereocenters. The molecule has 6 heteroatoms. The van der Waals surface area contributed by atoms with Gasteiger partial charge in [0.2, 0.25) is 0 Å². The highest BCUT2D eigenvalue weighted by Gasteiger charge is 2.40. The van der Waals surface area contributed by atoms with Crippen molar-refractivity contribution in [1.82, 2.24) is 4.98 Å². The maximum absolute atomic E-state index is 11.9. The number of aliphatic hydroxyl groups is 1. The minimum absolute atomic E-state index is 0.105. The highest BCUT2D eigenvalue weighted by atomic mass is 35.5. The van der Waals surface area contributed by atoms with Gasteiger partial charge in [0, 0.05) is 11.2 Å². The predicted octanol–water partition coefficient (Wildman–Crippen LogP) is 2.33. The van der Waals surface area contributed by atoms with Crippen LogP contribution in [0.4, 0.5) is 13.2 Å². The lowest BCUT2D eigenvalue weighted by Crippen LogP contribution is -2.21. The van der Waals surface area contributed by atoms with Gasteiger partial charge >= 0.3 is 6.18 Å². The van der Waals surface area contributed by atoms with Crippen molar-refractivity contribution in [2.75, 3.05) is 0 Å². The second-order valence-corrected chi connectivity index (χ2v) is 2.78. The Morgan fingerprint density at radius 3 is 2.54 bits per heavy atom. The summed E-state index contributed by atoms with van der Waals surface area (Å²) < 4.78 is 35.8. The van der Waals surface area contributed by atoms with Gasteiger partial charge in [0.25, 0.3) is 0 Å². The third-order valence-electron chi connectivity index (χ3n) is 1.33. The minimum Gasteiger partial charge on any atom is -0.378 e. The molecule has 1 unspecified atom stereocenters. The molecule has 0 aliphatic heterocycles. The topological polar surface area (TPSA) is 33.1 Å². The number of aliphatic hydroxyl groups excluding tert-OH is 1. The van der Waals surface area contributed by atoms with Crippen molar-refractivity contribution in [3.63, 3.8) is 0 Å². The summed E-state index contributed by atoms with van der Waals surface area (Å²) in [6.07, 6.45) is -6.18. The van der Waals surface area contributed by atoms with Crippen molar-refractivity contribution < 1.29 is 18.3 Å². The van der Waals surface area contributed by atoms with Crippen LogP contribution in [0.5, 0.6) is 0 Å². The molecule has 0 saturated heterocycles. The molecule has 13 heavy (non-hydrogen) atoms. The molecular formula is C7H5ClF3NO. The molecule has 0 aliphatic rings. The highest BCUT2D eigenvalue weighted by molar-refractivity contribution is 6.30. The maximum Gasteiger partial charge on any atom is 0.420 e. The molecule has 1 aromatic rings. The lowest BCUT2D eigenvalue weighted by Gasteiger charge is -2.13. The zero-order valence-corrected chi connectivity index (χ0v) is 6.97. The fourth-order valence-corrected chi connectivity index (χ4v) is 0.907.